The van der Waals surface area contributed by atoms with E-state index < -0.39 is 0 Å². The molecule has 0 unspecified atom stereocenters. The first-order valence-electron chi connectivity index (χ1n) is 7.13. The van der Waals surface area contributed by atoms with E-state index in [0.717, 1.165) is 5.69 Å². The van der Waals surface area contributed by atoms with Crippen molar-refractivity contribution < 1.29 is 0 Å². The van der Waals surface area contributed by atoms with Crippen LogP contribution in [0.15, 0.2) is 42.5 Å². The Morgan fingerprint density at radius 2 is 1.53 bits per heavy atom. The Morgan fingerprint density at radius 1 is 0.895 bits per heavy atom. The average molecular weight is 253 g/mol. The number of nitrogens with one attached hydrogen (secondary N) is 1. The molecule has 0 fully saturated rings. The monoisotopic (exact) mass is 253 g/mol. The van der Waals surface area contributed by atoms with Gasteiger partial charge in [0.05, 0.1) is 0 Å². The molecule has 1 N–H and O–H groups in total. The number of aryl methyl sites for hydroxylation is 3. The van der Waals surface area contributed by atoms with Crippen LogP contribution in [0, 0.1) is 13.8 Å². The molecule has 0 atom stereocenters. The van der Waals surface area contributed by atoms with Crippen LogP contribution in [0.4, 0.5) is 11.4 Å². The number of benzene rings is 2. The predicted octanol–water partition coefficient (Wildman–Crippen LogP) is 5.39. The number of rotatable bonds is 5. The van der Waals surface area contributed by atoms with E-state index in [4.69, 9.17) is 0 Å². The highest BCUT2D eigenvalue weighted by Gasteiger charge is 2.02. The summed E-state index contributed by atoms with van der Waals surface area (Å²) in [5, 5.41) is 3.52. The summed E-state index contributed by atoms with van der Waals surface area (Å²) in [6, 6.07) is 15.2. The Kier molecular flexibility index (Phi) is 4.62. The fourth-order valence-corrected chi connectivity index (χ4v) is 2.29. The molecule has 0 aliphatic rings. The molecule has 0 bridgehead atoms. The van der Waals surface area contributed by atoms with Crippen LogP contribution in [0.2, 0.25) is 0 Å². The summed E-state index contributed by atoms with van der Waals surface area (Å²) in [5.41, 5.74) is 6.39. The Bertz CT molecular complexity index is 506. The zero-order chi connectivity index (χ0) is 13.7. The molecule has 100 valence electrons. The van der Waals surface area contributed by atoms with E-state index in [9.17, 15) is 0 Å². The lowest BCUT2D eigenvalue weighted by Gasteiger charge is -2.13. The van der Waals surface area contributed by atoms with Crippen LogP contribution in [0.5, 0.6) is 0 Å². The number of anilines is 2. The molecule has 2 rings (SSSR count). The van der Waals surface area contributed by atoms with Gasteiger partial charge in [-0.1, -0.05) is 43.7 Å². The Hall–Kier alpha value is -1.76. The van der Waals surface area contributed by atoms with Gasteiger partial charge in [-0.3, -0.25) is 0 Å². The molecule has 0 amide bonds. The van der Waals surface area contributed by atoms with E-state index in [1.54, 1.807) is 0 Å². The third-order valence-corrected chi connectivity index (χ3v) is 3.52. The van der Waals surface area contributed by atoms with Crippen molar-refractivity contribution in [2.75, 3.05) is 5.32 Å². The number of hydrogen-bond donors (Lipinski definition) is 1. The molecule has 1 heteroatoms. The van der Waals surface area contributed by atoms with Crippen molar-refractivity contribution in [2.45, 2.75) is 40.0 Å². The molecule has 0 aromatic heterocycles. The van der Waals surface area contributed by atoms with Crippen LogP contribution >= 0.6 is 0 Å². The van der Waals surface area contributed by atoms with Crippen LogP contribution in [0.25, 0.3) is 0 Å². The molecule has 0 radical (unpaired) electrons. The number of hydrogen-bond acceptors (Lipinski definition) is 1. The number of para-hydroxylation sites is 1. The number of unbranched alkanes of at least 4 members (excludes halogenated alkanes) is 1. The third kappa shape index (κ3) is 3.60. The van der Waals surface area contributed by atoms with Crippen LogP contribution < -0.4 is 5.32 Å². The second-order valence-electron chi connectivity index (χ2n) is 5.19. The molecule has 0 aliphatic carbocycles. The van der Waals surface area contributed by atoms with Crippen LogP contribution in [-0.2, 0) is 6.42 Å². The molecular weight excluding hydrogens is 230 g/mol. The summed E-state index contributed by atoms with van der Waals surface area (Å²) in [7, 11) is 0. The maximum atomic E-state index is 3.52. The van der Waals surface area contributed by atoms with Crippen molar-refractivity contribution in [1.82, 2.24) is 0 Å². The van der Waals surface area contributed by atoms with Gasteiger partial charge in [-0.05, 0) is 55.5 Å². The standard InChI is InChI=1S/C18H23N/c1-4-5-9-16-10-12-17(13-11-16)19-18-14(2)7-6-8-15(18)3/h6-8,10-13,19H,4-5,9H2,1-3H3. The lowest BCUT2D eigenvalue weighted by Crippen LogP contribution is -1.96. The lowest BCUT2D eigenvalue weighted by atomic mass is 10.1. The van der Waals surface area contributed by atoms with Crippen molar-refractivity contribution in [3.63, 3.8) is 0 Å². The lowest BCUT2D eigenvalue weighted by molar-refractivity contribution is 0.795. The second-order valence-corrected chi connectivity index (χ2v) is 5.19. The first-order chi connectivity index (χ1) is 9.20. The van der Waals surface area contributed by atoms with E-state index in [0.29, 0.717) is 0 Å². The van der Waals surface area contributed by atoms with Gasteiger partial charge in [-0.15, -0.1) is 0 Å². The Balaban J connectivity index is 2.11. The molecule has 2 aromatic carbocycles. The van der Waals surface area contributed by atoms with Crippen molar-refractivity contribution in [1.29, 1.82) is 0 Å². The fraction of sp³-hybridized carbons (Fsp3) is 0.333. The molecule has 0 spiro atoms. The summed E-state index contributed by atoms with van der Waals surface area (Å²) in [5.74, 6) is 0. The predicted molar refractivity (Wildman–Crippen MR) is 84.3 cm³/mol. The summed E-state index contributed by atoms with van der Waals surface area (Å²) in [4.78, 5) is 0. The van der Waals surface area contributed by atoms with E-state index in [2.05, 4.69) is 68.6 Å². The molecule has 19 heavy (non-hydrogen) atoms. The highest BCUT2D eigenvalue weighted by Crippen LogP contribution is 2.24. The normalized spacial score (nSPS) is 10.5. The van der Waals surface area contributed by atoms with Gasteiger partial charge in [0.1, 0.15) is 0 Å². The van der Waals surface area contributed by atoms with Gasteiger partial charge in [0.25, 0.3) is 0 Å². The summed E-state index contributed by atoms with van der Waals surface area (Å²) in [6.07, 6.45) is 3.70. The van der Waals surface area contributed by atoms with Gasteiger partial charge >= 0.3 is 0 Å². The SMILES string of the molecule is CCCCc1ccc(Nc2c(C)cccc2C)cc1. The first-order valence-corrected chi connectivity index (χ1v) is 7.13. The van der Waals surface area contributed by atoms with Gasteiger partial charge in [-0.2, -0.15) is 0 Å². The third-order valence-electron chi connectivity index (χ3n) is 3.52. The van der Waals surface area contributed by atoms with Gasteiger partial charge < -0.3 is 5.32 Å². The van der Waals surface area contributed by atoms with Gasteiger partial charge in [0.2, 0.25) is 0 Å². The van der Waals surface area contributed by atoms with Crippen LogP contribution in [0.3, 0.4) is 0 Å². The first kappa shape index (κ1) is 13.7. The van der Waals surface area contributed by atoms with Crippen LogP contribution in [-0.4, -0.2) is 0 Å². The largest absolute Gasteiger partial charge is 0.355 e. The van der Waals surface area contributed by atoms with Crippen molar-refractivity contribution in [3.05, 3.63) is 59.2 Å². The molecule has 2 aromatic rings. The quantitative estimate of drug-likeness (QED) is 0.753. The molecular formula is C18H23N. The fourth-order valence-electron chi connectivity index (χ4n) is 2.29. The van der Waals surface area contributed by atoms with Crippen LogP contribution in [0.1, 0.15) is 36.5 Å². The summed E-state index contributed by atoms with van der Waals surface area (Å²) in [6.45, 7) is 6.52. The summed E-state index contributed by atoms with van der Waals surface area (Å²) < 4.78 is 0. The van der Waals surface area contributed by atoms with Crippen molar-refractivity contribution in [3.8, 4) is 0 Å². The van der Waals surface area contributed by atoms with E-state index >= 15 is 0 Å². The van der Waals surface area contributed by atoms with Crippen molar-refractivity contribution in [2.24, 2.45) is 0 Å². The minimum absolute atomic E-state index is 1.16. The summed E-state index contributed by atoms with van der Waals surface area (Å²) >= 11 is 0. The van der Waals surface area contributed by atoms with Gasteiger partial charge in [0, 0.05) is 11.4 Å². The van der Waals surface area contributed by atoms with E-state index in [-0.39, 0.29) is 0 Å². The Labute approximate surface area is 116 Å². The highest BCUT2D eigenvalue weighted by molar-refractivity contribution is 5.66. The zero-order valence-electron chi connectivity index (χ0n) is 12.2. The minimum atomic E-state index is 1.16. The zero-order valence-corrected chi connectivity index (χ0v) is 12.2. The van der Waals surface area contributed by atoms with Gasteiger partial charge in [0.15, 0.2) is 0 Å². The molecule has 0 aliphatic heterocycles. The topological polar surface area (TPSA) is 12.0 Å². The van der Waals surface area contributed by atoms with E-state index in [1.807, 2.05) is 0 Å². The highest BCUT2D eigenvalue weighted by atomic mass is 14.9. The Morgan fingerprint density at radius 3 is 2.11 bits per heavy atom. The average Bonchev–Trinajstić information content (AvgIpc) is 2.42. The molecule has 1 nitrogen and oxygen atoms in total. The van der Waals surface area contributed by atoms with Gasteiger partial charge in [-0.25, -0.2) is 0 Å². The second kappa shape index (κ2) is 6.42. The maximum absolute atomic E-state index is 3.52. The van der Waals surface area contributed by atoms with E-state index in [1.165, 1.54) is 41.6 Å². The van der Waals surface area contributed by atoms with Crippen molar-refractivity contribution >= 4 is 11.4 Å². The molecule has 0 saturated heterocycles. The minimum Gasteiger partial charge on any atom is -0.355 e. The molecule has 0 saturated carbocycles. The molecule has 0 heterocycles. The maximum Gasteiger partial charge on any atom is 0.0443 e. The smallest absolute Gasteiger partial charge is 0.0443 e.